The Morgan fingerprint density at radius 1 is 1.47 bits per heavy atom. The van der Waals surface area contributed by atoms with Gasteiger partial charge < -0.3 is 4.90 Å². The molecule has 100 valence electrons. The molecule has 1 saturated carbocycles. The van der Waals surface area contributed by atoms with Crippen molar-refractivity contribution in [2.75, 3.05) is 7.05 Å². The first-order valence-electron chi connectivity index (χ1n) is 6.09. The lowest BCUT2D eigenvalue weighted by Crippen LogP contribution is -2.45. The van der Waals surface area contributed by atoms with Crippen LogP contribution in [0.4, 0.5) is 8.78 Å². The zero-order chi connectivity index (χ0) is 14.0. The van der Waals surface area contributed by atoms with Crippen LogP contribution in [0.25, 0.3) is 0 Å². The molecule has 19 heavy (non-hydrogen) atoms. The van der Waals surface area contributed by atoms with Crippen molar-refractivity contribution in [3.8, 4) is 6.07 Å². The summed E-state index contributed by atoms with van der Waals surface area (Å²) in [5, 5.41) is 9.09. The second-order valence-electron chi connectivity index (χ2n) is 4.94. The summed E-state index contributed by atoms with van der Waals surface area (Å²) in [6.45, 7) is -0.0359. The van der Waals surface area contributed by atoms with Crippen molar-refractivity contribution in [3.05, 3.63) is 35.4 Å². The quantitative estimate of drug-likeness (QED) is 0.842. The van der Waals surface area contributed by atoms with Gasteiger partial charge in [-0.2, -0.15) is 5.26 Å². The summed E-state index contributed by atoms with van der Waals surface area (Å²) in [5.41, 5.74) is -0.846. The summed E-state index contributed by atoms with van der Waals surface area (Å²) < 4.78 is 26.6. The molecule has 0 bridgehead atoms. The van der Waals surface area contributed by atoms with Crippen LogP contribution in [0, 0.1) is 28.4 Å². The molecule has 0 atom stereocenters. The van der Waals surface area contributed by atoms with Gasteiger partial charge >= 0.3 is 0 Å². The van der Waals surface area contributed by atoms with Gasteiger partial charge in [-0.1, -0.05) is 0 Å². The van der Waals surface area contributed by atoms with Gasteiger partial charge in [-0.15, -0.1) is 0 Å². The molecule has 1 aromatic rings. The Hall–Kier alpha value is -1.96. The first kappa shape index (κ1) is 13.5. The average molecular weight is 264 g/mol. The van der Waals surface area contributed by atoms with Gasteiger partial charge in [0.05, 0.1) is 6.07 Å². The zero-order valence-electron chi connectivity index (χ0n) is 10.6. The fraction of sp³-hybridized carbons (Fsp3) is 0.429. The summed E-state index contributed by atoms with van der Waals surface area (Å²) >= 11 is 0. The predicted molar refractivity (Wildman–Crippen MR) is 64.7 cm³/mol. The molecular formula is C14H14F2N2O. The maximum Gasteiger partial charge on any atom is 0.243 e. The van der Waals surface area contributed by atoms with E-state index < -0.39 is 17.0 Å². The molecule has 0 aliphatic heterocycles. The van der Waals surface area contributed by atoms with Gasteiger partial charge in [0.1, 0.15) is 17.0 Å². The SMILES string of the molecule is CN(Cc1cc(F)ccc1F)C(=O)C1(C#N)CCC1. The number of rotatable bonds is 3. The molecule has 3 nitrogen and oxygen atoms in total. The van der Waals surface area contributed by atoms with E-state index in [1.54, 1.807) is 0 Å². The minimum Gasteiger partial charge on any atom is -0.340 e. The van der Waals surface area contributed by atoms with E-state index in [1.165, 1.54) is 11.9 Å². The molecular weight excluding hydrogens is 250 g/mol. The van der Waals surface area contributed by atoms with Crippen LogP contribution in [-0.4, -0.2) is 17.9 Å². The molecule has 2 rings (SSSR count). The minimum absolute atomic E-state index is 0.0359. The third-order valence-electron chi connectivity index (χ3n) is 3.59. The molecule has 0 unspecified atom stereocenters. The molecule has 1 aliphatic rings. The highest BCUT2D eigenvalue weighted by Crippen LogP contribution is 2.41. The Balaban J connectivity index is 2.13. The predicted octanol–water partition coefficient (Wildman–Crippen LogP) is 2.62. The summed E-state index contributed by atoms with van der Waals surface area (Å²) in [4.78, 5) is 13.5. The number of hydrogen-bond acceptors (Lipinski definition) is 2. The van der Waals surface area contributed by atoms with Crippen molar-refractivity contribution in [1.29, 1.82) is 5.26 Å². The maximum atomic E-state index is 13.5. The topological polar surface area (TPSA) is 44.1 Å². The van der Waals surface area contributed by atoms with Crippen molar-refractivity contribution in [2.24, 2.45) is 5.41 Å². The average Bonchev–Trinajstić information content (AvgIpc) is 2.33. The van der Waals surface area contributed by atoms with Crippen LogP contribution in [0.3, 0.4) is 0 Å². The zero-order valence-corrected chi connectivity index (χ0v) is 10.6. The lowest BCUT2D eigenvalue weighted by Gasteiger charge is -2.36. The van der Waals surface area contributed by atoms with E-state index in [4.69, 9.17) is 5.26 Å². The van der Waals surface area contributed by atoms with E-state index >= 15 is 0 Å². The molecule has 0 N–H and O–H groups in total. The lowest BCUT2D eigenvalue weighted by atomic mass is 9.69. The molecule has 0 aromatic heterocycles. The summed E-state index contributed by atoms with van der Waals surface area (Å²) in [6, 6.07) is 5.18. The molecule has 1 aliphatic carbocycles. The Morgan fingerprint density at radius 3 is 2.68 bits per heavy atom. The van der Waals surface area contributed by atoms with Crippen molar-refractivity contribution >= 4 is 5.91 Å². The molecule has 5 heteroatoms. The number of nitriles is 1. The minimum atomic E-state index is -0.960. The van der Waals surface area contributed by atoms with Gasteiger partial charge in [-0.25, -0.2) is 8.78 Å². The van der Waals surface area contributed by atoms with Gasteiger partial charge in [-0.3, -0.25) is 4.79 Å². The van der Waals surface area contributed by atoms with Gasteiger partial charge in [0.2, 0.25) is 5.91 Å². The van der Waals surface area contributed by atoms with E-state index in [0.717, 1.165) is 24.6 Å². The second kappa shape index (κ2) is 4.96. The summed E-state index contributed by atoms with van der Waals surface area (Å²) in [7, 11) is 1.50. The van der Waals surface area contributed by atoms with Crippen LogP contribution >= 0.6 is 0 Å². The Kier molecular flexibility index (Phi) is 3.52. The maximum absolute atomic E-state index is 13.5. The Morgan fingerprint density at radius 2 is 2.16 bits per heavy atom. The highest BCUT2D eigenvalue weighted by Gasteiger charge is 2.46. The highest BCUT2D eigenvalue weighted by atomic mass is 19.1. The third-order valence-corrected chi connectivity index (χ3v) is 3.59. The summed E-state index contributed by atoms with van der Waals surface area (Å²) in [5.74, 6) is -1.42. The smallest absolute Gasteiger partial charge is 0.243 e. The summed E-state index contributed by atoms with van der Waals surface area (Å²) in [6.07, 6.45) is 1.93. The Labute approximate surface area is 110 Å². The van der Waals surface area contributed by atoms with E-state index in [1.807, 2.05) is 6.07 Å². The number of nitrogens with zero attached hydrogens (tertiary/aromatic N) is 2. The first-order chi connectivity index (χ1) is 8.98. The van der Waals surface area contributed by atoms with Crippen molar-refractivity contribution in [3.63, 3.8) is 0 Å². The number of carbonyl (C=O) groups is 1. The highest BCUT2D eigenvalue weighted by molar-refractivity contribution is 5.86. The van der Waals surface area contributed by atoms with E-state index in [2.05, 4.69) is 0 Å². The fourth-order valence-electron chi connectivity index (χ4n) is 2.26. The number of halogens is 2. The van der Waals surface area contributed by atoms with E-state index in [9.17, 15) is 13.6 Å². The lowest BCUT2D eigenvalue weighted by molar-refractivity contribution is -0.142. The fourth-order valence-corrected chi connectivity index (χ4v) is 2.26. The van der Waals surface area contributed by atoms with Crippen LogP contribution in [0.5, 0.6) is 0 Å². The van der Waals surface area contributed by atoms with Crippen LogP contribution in [0.15, 0.2) is 18.2 Å². The molecule has 0 saturated heterocycles. The molecule has 0 radical (unpaired) electrons. The molecule has 0 spiro atoms. The van der Waals surface area contributed by atoms with Crippen LogP contribution in [0.2, 0.25) is 0 Å². The van der Waals surface area contributed by atoms with Crippen molar-refractivity contribution < 1.29 is 13.6 Å². The van der Waals surface area contributed by atoms with Crippen molar-refractivity contribution in [2.45, 2.75) is 25.8 Å². The van der Waals surface area contributed by atoms with Gasteiger partial charge in [0.15, 0.2) is 0 Å². The standard InChI is InChI=1S/C14H14F2N2O/c1-18(13(19)14(9-17)5-2-6-14)8-10-7-11(15)3-4-12(10)16/h3-4,7H,2,5-6,8H2,1H3. The number of hydrogen-bond donors (Lipinski definition) is 0. The number of amides is 1. The largest absolute Gasteiger partial charge is 0.340 e. The van der Waals surface area contributed by atoms with Gasteiger partial charge in [0.25, 0.3) is 0 Å². The molecule has 1 fully saturated rings. The Bertz CT molecular complexity index is 547. The van der Waals surface area contributed by atoms with Gasteiger partial charge in [-0.05, 0) is 37.5 Å². The number of benzene rings is 1. The third kappa shape index (κ3) is 2.43. The number of carbonyl (C=O) groups excluding carboxylic acids is 1. The van der Waals surface area contributed by atoms with Crippen LogP contribution in [0.1, 0.15) is 24.8 Å². The second-order valence-corrected chi connectivity index (χ2v) is 4.94. The van der Waals surface area contributed by atoms with E-state index in [-0.39, 0.29) is 18.0 Å². The monoisotopic (exact) mass is 264 g/mol. The normalized spacial score (nSPS) is 16.3. The van der Waals surface area contributed by atoms with Crippen LogP contribution in [-0.2, 0) is 11.3 Å². The first-order valence-corrected chi connectivity index (χ1v) is 6.09. The van der Waals surface area contributed by atoms with E-state index in [0.29, 0.717) is 12.8 Å². The molecule has 0 heterocycles. The van der Waals surface area contributed by atoms with Gasteiger partial charge in [0, 0.05) is 19.2 Å². The van der Waals surface area contributed by atoms with Crippen LogP contribution < -0.4 is 0 Å². The molecule has 1 amide bonds. The molecule has 1 aromatic carbocycles. The van der Waals surface area contributed by atoms with Crippen molar-refractivity contribution in [1.82, 2.24) is 4.90 Å².